The highest BCUT2D eigenvalue weighted by atomic mass is 32.2. The molecule has 1 aromatic heterocycles. The summed E-state index contributed by atoms with van der Waals surface area (Å²) in [6.07, 6.45) is 4.05. The number of allylic oxidation sites excluding steroid dienone is 1. The Morgan fingerprint density at radius 3 is 2.79 bits per heavy atom. The summed E-state index contributed by atoms with van der Waals surface area (Å²) in [4.78, 5) is 14.7. The molecule has 6 heteroatoms. The van der Waals surface area contributed by atoms with Gasteiger partial charge in [0.1, 0.15) is 5.82 Å². The van der Waals surface area contributed by atoms with Crippen molar-refractivity contribution in [3.63, 3.8) is 0 Å². The first kappa shape index (κ1) is 16.8. The fraction of sp³-hybridized carbons (Fsp3) is 0.389. The molecule has 1 amide bonds. The molecule has 24 heavy (non-hydrogen) atoms. The van der Waals surface area contributed by atoms with E-state index in [1.54, 1.807) is 11.8 Å². The Morgan fingerprint density at radius 1 is 1.29 bits per heavy atom. The standard InChI is InChI=1S/C18H22N4OS/c1-3-10-22-14(2)19-20-18(22)24-13-15-8-4-5-9-16(15)17(23)21-11-6-7-12-21/h3-5,8-9H,1,6-7,10-13H2,2H3. The van der Waals surface area contributed by atoms with Crippen molar-refractivity contribution in [2.75, 3.05) is 13.1 Å². The number of carbonyl (C=O) groups is 1. The lowest BCUT2D eigenvalue weighted by Gasteiger charge is -2.17. The van der Waals surface area contributed by atoms with Crippen LogP contribution in [0.4, 0.5) is 0 Å². The molecule has 126 valence electrons. The first-order valence-electron chi connectivity index (χ1n) is 8.21. The first-order chi connectivity index (χ1) is 11.7. The zero-order valence-corrected chi connectivity index (χ0v) is 14.8. The van der Waals surface area contributed by atoms with Crippen molar-refractivity contribution in [1.29, 1.82) is 0 Å². The first-order valence-corrected chi connectivity index (χ1v) is 9.20. The maximum atomic E-state index is 12.7. The quantitative estimate of drug-likeness (QED) is 0.597. The molecule has 1 aliphatic heterocycles. The van der Waals surface area contributed by atoms with Crippen LogP contribution in [0.2, 0.25) is 0 Å². The van der Waals surface area contributed by atoms with Gasteiger partial charge in [0.2, 0.25) is 0 Å². The molecule has 5 nitrogen and oxygen atoms in total. The predicted molar refractivity (Wildman–Crippen MR) is 96.1 cm³/mol. The predicted octanol–water partition coefficient (Wildman–Crippen LogP) is 3.30. The number of aryl methyl sites for hydroxylation is 1. The summed E-state index contributed by atoms with van der Waals surface area (Å²) in [7, 11) is 0. The molecule has 0 radical (unpaired) electrons. The van der Waals surface area contributed by atoms with Crippen LogP contribution in [0.25, 0.3) is 0 Å². The highest BCUT2D eigenvalue weighted by molar-refractivity contribution is 7.98. The van der Waals surface area contributed by atoms with Crippen molar-refractivity contribution in [3.8, 4) is 0 Å². The van der Waals surface area contributed by atoms with Gasteiger partial charge >= 0.3 is 0 Å². The van der Waals surface area contributed by atoms with E-state index in [0.717, 1.165) is 48.0 Å². The second-order valence-corrected chi connectivity index (χ2v) is 6.82. The maximum absolute atomic E-state index is 12.7. The molecule has 0 aliphatic carbocycles. The Kier molecular flexibility index (Phi) is 5.35. The van der Waals surface area contributed by atoms with Gasteiger partial charge in [-0.25, -0.2) is 0 Å². The van der Waals surface area contributed by atoms with Gasteiger partial charge in [-0.15, -0.1) is 16.8 Å². The summed E-state index contributed by atoms with van der Waals surface area (Å²) in [5.41, 5.74) is 1.85. The lowest BCUT2D eigenvalue weighted by Crippen LogP contribution is -2.28. The summed E-state index contributed by atoms with van der Waals surface area (Å²) in [6, 6.07) is 7.87. The van der Waals surface area contributed by atoms with Crippen molar-refractivity contribution in [3.05, 3.63) is 53.9 Å². The van der Waals surface area contributed by atoms with Crippen molar-refractivity contribution in [2.24, 2.45) is 0 Å². The van der Waals surface area contributed by atoms with E-state index in [-0.39, 0.29) is 5.91 Å². The summed E-state index contributed by atoms with van der Waals surface area (Å²) in [5.74, 6) is 1.72. The summed E-state index contributed by atoms with van der Waals surface area (Å²) < 4.78 is 2.03. The van der Waals surface area contributed by atoms with Crippen LogP contribution in [0.15, 0.2) is 42.1 Å². The average Bonchev–Trinajstić information content (AvgIpc) is 3.25. The fourth-order valence-electron chi connectivity index (χ4n) is 2.90. The zero-order chi connectivity index (χ0) is 16.9. The number of hydrogen-bond donors (Lipinski definition) is 0. The minimum atomic E-state index is 0.146. The Bertz CT molecular complexity index is 734. The van der Waals surface area contributed by atoms with Crippen LogP contribution >= 0.6 is 11.8 Å². The minimum Gasteiger partial charge on any atom is -0.339 e. The van der Waals surface area contributed by atoms with Gasteiger partial charge in [0.25, 0.3) is 5.91 Å². The van der Waals surface area contributed by atoms with Gasteiger partial charge in [0, 0.05) is 31.0 Å². The second-order valence-electron chi connectivity index (χ2n) is 5.87. The monoisotopic (exact) mass is 342 g/mol. The Labute approximate surface area is 146 Å². The summed E-state index contributed by atoms with van der Waals surface area (Å²) >= 11 is 1.61. The number of amides is 1. The summed E-state index contributed by atoms with van der Waals surface area (Å²) in [5, 5.41) is 9.23. The molecule has 0 saturated carbocycles. The molecule has 2 heterocycles. The topological polar surface area (TPSA) is 51.0 Å². The fourth-order valence-corrected chi connectivity index (χ4v) is 3.89. The van der Waals surface area contributed by atoms with Crippen LogP contribution < -0.4 is 0 Å². The largest absolute Gasteiger partial charge is 0.339 e. The Morgan fingerprint density at radius 2 is 2.04 bits per heavy atom. The molecular weight excluding hydrogens is 320 g/mol. The van der Waals surface area contributed by atoms with Gasteiger partial charge < -0.3 is 9.47 Å². The number of hydrogen-bond acceptors (Lipinski definition) is 4. The maximum Gasteiger partial charge on any atom is 0.254 e. The second kappa shape index (κ2) is 7.66. The van der Waals surface area contributed by atoms with Crippen molar-refractivity contribution >= 4 is 17.7 Å². The van der Waals surface area contributed by atoms with Crippen LogP contribution in [0.3, 0.4) is 0 Å². The van der Waals surface area contributed by atoms with Gasteiger partial charge in [-0.2, -0.15) is 0 Å². The smallest absolute Gasteiger partial charge is 0.254 e. The van der Waals surface area contributed by atoms with E-state index in [0.29, 0.717) is 12.3 Å². The normalized spacial score (nSPS) is 14.1. The van der Waals surface area contributed by atoms with E-state index in [4.69, 9.17) is 0 Å². The van der Waals surface area contributed by atoms with Crippen LogP contribution in [0.1, 0.15) is 34.6 Å². The van der Waals surface area contributed by atoms with Crippen LogP contribution in [0.5, 0.6) is 0 Å². The van der Waals surface area contributed by atoms with Gasteiger partial charge in [-0.05, 0) is 31.4 Å². The highest BCUT2D eigenvalue weighted by Gasteiger charge is 2.21. The van der Waals surface area contributed by atoms with Crippen molar-refractivity contribution < 1.29 is 4.79 Å². The third-order valence-electron chi connectivity index (χ3n) is 4.21. The molecule has 1 aromatic carbocycles. The number of carbonyl (C=O) groups excluding carboxylic acids is 1. The van der Waals surface area contributed by atoms with E-state index in [1.807, 2.05) is 46.7 Å². The van der Waals surface area contributed by atoms with Crippen molar-refractivity contribution in [1.82, 2.24) is 19.7 Å². The van der Waals surface area contributed by atoms with Gasteiger partial charge in [-0.3, -0.25) is 4.79 Å². The molecule has 0 atom stereocenters. The molecule has 1 aliphatic rings. The van der Waals surface area contributed by atoms with E-state index < -0.39 is 0 Å². The molecule has 1 fully saturated rings. The van der Waals surface area contributed by atoms with Crippen LogP contribution in [-0.4, -0.2) is 38.7 Å². The molecule has 3 rings (SSSR count). The number of aromatic nitrogens is 3. The van der Waals surface area contributed by atoms with E-state index in [2.05, 4.69) is 16.8 Å². The molecule has 0 spiro atoms. The van der Waals surface area contributed by atoms with Gasteiger partial charge in [0.05, 0.1) is 0 Å². The third-order valence-corrected chi connectivity index (χ3v) is 5.23. The number of likely N-dealkylation sites (tertiary alicyclic amines) is 1. The molecule has 0 N–H and O–H groups in total. The number of rotatable bonds is 6. The van der Waals surface area contributed by atoms with Crippen LogP contribution in [0, 0.1) is 6.92 Å². The lowest BCUT2D eigenvalue weighted by molar-refractivity contribution is 0.0792. The Hall–Kier alpha value is -2.08. The molecule has 0 bridgehead atoms. The molecule has 0 unspecified atom stereocenters. The van der Waals surface area contributed by atoms with Crippen molar-refractivity contribution in [2.45, 2.75) is 37.2 Å². The van der Waals surface area contributed by atoms with E-state index in [1.165, 1.54) is 0 Å². The lowest BCUT2D eigenvalue weighted by atomic mass is 10.1. The van der Waals surface area contributed by atoms with E-state index >= 15 is 0 Å². The molecular formula is C18H22N4OS. The Balaban J connectivity index is 1.76. The average molecular weight is 342 g/mol. The number of nitrogens with zero attached hydrogens (tertiary/aromatic N) is 4. The van der Waals surface area contributed by atoms with E-state index in [9.17, 15) is 4.79 Å². The SMILES string of the molecule is C=CCn1c(C)nnc1SCc1ccccc1C(=O)N1CCCC1. The number of thioether (sulfide) groups is 1. The third kappa shape index (κ3) is 3.53. The molecule has 1 saturated heterocycles. The zero-order valence-electron chi connectivity index (χ0n) is 13.9. The molecule has 2 aromatic rings. The minimum absolute atomic E-state index is 0.146. The van der Waals surface area contributed by atoms with Crippen LogP contribution in [-0.2, 0) is 12.3 Å². The van der Waals surface area contributed by atoms with Gasteiger partial charge in [-0.1, -0.05) is 36.0 Å². The van der Waals surface area contributed by atoms with Gasteiger partial charge in [0.15, 0.2) is 5.16 Å². The number of benzene rings is 1. The summed E-state index contributed by atoms with van der Waals surface area (Å²) in [6.45, 7) is 8.14. The highest BCUT2D eigenvalue weighted by Crippen LogP contribution is 2.25.